The topological polar surface area (TPSA) is 80.7 Å². The minimum absolute atomic E-state index is 0.351. The molecule has 5 nitrogen and oxygen atoms in total. The largest absolute Gasteiger partial charge is 0.465 e. The van der Waals surface area contributed by atoms with Crippen LogP contribution < -0.4 is 0 Å². The molecule has 1 unspecified atom stereocenters. The van der Waals surface area contributed by atoms with Crippen molar-refractivity contribution in [3.63, 3.8) is 0 Å². The Morgan fingerprint density at radius 2 is 2.12 bits per heavy atom. The fraction of sp³-hybridized carbons (Fsp3) is 0.625. The van der Waals surface area contributed by atoms with Gasteiger partial charge in [-0.25, -0.2) is 4.79 Å². The van der Waals surface area contributed by atoms with Gasteiger partial charge < -0.3 is 4.74 Å². The Bertz CT molecular complexity index is 401. The molecule has 0 saturated heterocycles. The van der Waals surface area contributed by atoms with Crippen LogP contribution >= 0.6 is 0 Å². The smallest absolute Gasteiger partial charge is 0.453 e. The van der Waals surface area contributed by atoms with E-state index < -0.39 is 27.4 Å². The van der Waals surface area contributed by atoms with Crippen molar-refractivity contribution in [3.8, 4) is 0 Å². The fourth-order valence-electron chi connectivity index (χ4n) is 1.19. The molecule has 0 saturated carbocycles. The van der Waals surface area contributed by atoms with Crippen LogP contribution in [0.2, 0.25) is 0 Å². The molecular formula is C8H10F2O5S. The van der Waals surface area contributed by atoms with Gasteiger partial charge in [0.05, 0.1) is 0 Å². The molecule has 16 heavy (non-hydrogen) atoms. The second kappa shape index (κ2) is 4.46. The molecular weight excluding hydrogens is 246 g/mol. The zero-order valence-corrected chi connectivity index (χ0v) is 8.91. The van der Waals surface area contributed by atoms with Crippen LogP contribution in [0.25, 0.3) is 0 Å². The lowest BCUT2D eigenvalue weighted by molar-refractivity contribution is -0.165. The number of ether oxygens (including phenoxy) is 1. The first kappa shape index (κ1) is 13.0. The Labute approximate surface area is 90.8 Å². The molecule has 0 heterocycles. The van der Waals surface area contributed by atoms with Crippen LogP contribution in [0.3, 0.4) is 0 Å². The van der Waals surface area contributed by atoms with E-state index >= 15 is 0 Å². The first-order valence-electron chi connectivity index (χ1n) is 4.48. The zero-order chi connectivity index (χ0) is 12.4. The van der Waals surface area contributed by atoms with Gasteiger partial charge in [-0.05, 0) is 25.3 Å². The summed E-state index contributed by atoms with van der Waals surface area (Å²) in [4.78, 5) is 10.8. The second-order valence-electron chi connectivity index (χ2n) is 3.29. The van der Waals surface area contributed by atoms with Gasteiger partial charge in [-0.3, -0.25) is 4.55 Å². The number of carbonyl (C=O) groups is 1. The van der Waals surface area contributed by atoms with Crippen LogP contribution in [0, 0.1) is 0 Å². The molecule has 92 valence electrons. The van der Waals surface area contributed by atoms with Gasteiger partial charge >= 0.3 is 21.3 Å². The van der Waals surface area contributed by atoms with E-state index in [2.05, 4.69) is 4.74 Å². The van der Waals surface area contributed by atoms with Crippen molar-refractivity contribution in [3.05, 3.63) is 12.2 Å². The van der Waals surface area contributed by atoms with Crippen LogP contribution in [-0.2, 0) is 19.6 Å². The van der Waals surface area contributed by atoms with E-state index in [1.807, 2.05) is 0 Å². The summed E-state index contributed by atoms with van der Waals surface area (Å²) in [5.74, 6) is -2.26. The normalized spacial score (nSPS) is 21.8. The summed E-state index contributed by atoms with van der Waals surface area (Å²) in [6.45, 7) is 0. The Hall–Kier alpha value is -1.02. The molecule has 0 bridgehead atoms. The Morgan fingerprint density at radius 1 is 1.50 bits per heavy atom. The molecule has 0 aromatic rings. The summed E-state index contributed by atoms with van der Waals surface area (Å²) >= 11 is 0. The maximum atomic E-state index is 12.7. The minimum atomic E-state index is -5.78. The molecule has 0 radical (unpaired) electrons. The molecule has 0 aromatic heterocycles. The molecule has 0 fully saturated rings. The van der Waals surface area contributed by atoms with E-state index in [-0.39, 0.29) is 0 Å². The molecule has 8 heteroatoms. The van der Waals surface area contributed by atoms with Crippen LogP contribution in [0.15, 0.2) is 12.2 Å². The first-order valence-corrected chi connectivity index (χ1v) is 5.92. The summed E-state index contributed by atoms with van der Waals surface area (Å²) in [6.07, 6.45) is 3.95. The van der Waals surface area contributed by atoms with E-state index in [1.165, 1.54) is 6.08 Å². The SMILES string of the molecule is O=C(OC1C=CCCC1)C(F)(F)S(=O)(=O)O. The molecule has 1 aliphatic rings. The number of hydrogen-bond donors (Lipinski definition) is 1. The number of esters is 1. The molecule has 0 amide bonds. The lowest BCUT2D eigenvalue weighted by atomic mass is 10.1. The van der Waals surface area contributed by atoms with Gasteiger partial charge in [0.1, 0.15) is 6.10 Å². The lowest BCUT2D eigenvalue weighted by Gasteiger charge is -2.19. The molecule has 0 spiro atoms. The molecule has 0 aliphatic heterocycles. The fourth-order valence-corrected chi connectivity index (χ4v) is 1.45. The van der Waals surface area contributed by atoms with Gasteiger partial charge in [0.15, 0.2) is 0 Å². The van der Waals surface area contributed by atoms with E-state index in [0.29, 0.717) is 12.8 Å². The van der Waals surface area contributed by atoms with E-state index in [4.69, 9.17) is 4.55 Å². The van der Waals surface area contributed by atoms with Crippen molar-refractivity contribution in [1.29, 1.82) is 0 Å². The lowest BCUT2D eigenvalue weighted by Crippen LogP contribution is -2.40. The second-order valence-corrected chi connectivity index (χ2v) is 4.76. The van der Waals surface area contributed by atoms with E-state index in [9.17, 15) is 22.0 Å². The maximum Gasteiger partial charge on any atom is 0.465 e. The Morgan fingerprint density at radius 3 is 2.56 bits per heavy atom. The number of halogens is 2. The highest BCUT2D eigenvalue weighted by Gasteiger charge is 2.54. The van der Waals surface area contributed by atoms with E-state index in [1.54, 1.807) is 6.08 Å². The molecule has 1 N–H and O–H groups in total. The maximum absolute atomic E-state index is 12.7. The van der Waals surface area contributed by atoms with Gasteiger partial charge in [-0.15, -0.1) is 0 Å². The van der Waals surface area contributed by atoms with Crippen molar-refractivity contribution in [2.45, 2.75) is 30.6 Å². The first-order chi connectivity index (χ1) is 7.25. The average molecular weight is 256 g/mol. The highest BCUT2D eigenvalue weighted by atomic mass is 32.2. The van der Waals surface area contributed by atoms with Crippen LogP contribution in [0.1, 0.15) is 19.3 Å². The van der Waals surface area contributed by atoms with Crippen molar-refractivity contribution < 1.29 is 31.3 Å². The predicted molar refractivity (Wildman–Crippen MR) is 49.4 cm³/mol. The van der Waals surface area contributed by atoms with Gasteiger partial charge in [0.2, 0.25) is 0 Å². The van der Waals surface area contributed by atoms with Gasteiger partial charge in [-0.1, -0.05) is 6.08 Å². The van der Waals surface area contributed by atoms with Gasteiger partial charge in [-0.2, -0.15) is 17.2 Å². The zero-order valence-electron chi connectivity index (χ0n) is 8.10. The predicted octanol–water partition coefficient (Wildman–Crippen LogP) is 1.12. The van der Waals surface area contributed by atoms with E-state index in [0.717, 1.165) is 6.42 Å². The quantitative estimate of drug-likeness (QED) is 0.465. The highest BCUT2D eigenvalue weighted by Crippen LogP contribution is 2.24. The number of alkyl halides is 2. The molecule has 0 aromatic carbocycles. The monoisotopic (exact) mass is 256 g/mol. The standard InChI is InChI=1S/C8H10F2O5S/c9-8(10,16(12,13)14)7(11)15-6-4-2-1-3-5-6/h2,4,6H,1,3,5H2,(H,12,13,14). The van der Waals surface area contributed by atoms with Crippen molar-refractivity contribution in [2.24, 2.45) is 0 Å². The summed E-state index contributed by atoms with van der Waals surface area (Å²) in [6, 6.07) is 0. The molecule has 1 atom stereocenters. The third kappa shape index (κ3) is 2.76. The van der Waals surface area contributed by atoms with Crippen molar-refractivity contribution in [1.82, 2.24) is 0 Å². The van der Waals surface area contributed by atoms with Crippen LogP contribution in [-0.4, -0.2) is 30.3 Å². The Kier molecular flexibility index (Phi) is 3.64. The van der Waals surface area contributed by atoms with Crippen molar-refractivity contribution in [2.75, 3.05) is 0 Å². The summed E-state index contributed by atoms with van der Waals surface area (Å²) in [5.41, 5.74) is 0. The average Bonchev–Trinajstić information content (AvgIpc) is 2.17. The highest BCUT2D eigenvalue weighted by molar-refractivity contribution is 7.87. The minimum Gasteiger partial charge on any atom is -0.453 e. The number of hydrogen-bond acceptors (Lipinski definition) is 4. The third-order valence-electron chi connectivity index (χ3n) is 2.03. The summed E-state index contributed by atoms with van der Waals surface area (Å²) in [7, 11) is -5.78. The number of carbonyl (C=O) groups excluding carboxylic acids is 1. The summed E-state index contributed by atoms with van der Waals surface area (Å²) < 4.78 is 58.3. The third-order valence-corrected chi connectivity index (χ3v) is 2.84. The van der Waals surface area contributed by atoms with Gasteiger partial charge in [0.25, 0.3) is 0 Å². The van der Waals surface area contributed by atoms with Crippen LogP contribution in [0.4, 0.5) is 8.78 Å². The van der Waals surface area contributed by atoms with Crippen LogP contribution in [0.5, 0.6) is 0 Å². The molecule has 1 aliphatic carbocycles. The van der Waals surface area contributed by atoms with Gasteiger partial charge in [0, 0.05) is 0 Å². The summed E-state index contributed by atoms with van der Waals surface area (Å²) in [5, 5.41) is -4.92. The number of rotatable bonds is 3. The van der Waals surface area contributed by atoms with Crippen molar-refractivity contribution >= 4 is 16.1 Å². The number of allylic oxidation sites excluding steroid dienone is 1. The Balaban J connectivity index is 2.72. The molecule has 1 rings (SSSR count).